The third kappa shape index (κ3) is 5.78. The van der Waals surface area contributed by atoms with Crippen molar-refractivity contribution in [1.82, 2.24) is 9.80 Å². The number of Topliss-reactive ketones (excluding diaryl/α,β-unsaturated/α-hetero) is 1. The lowest BCUT2D eigenvalue weighted by Crippen LogP contribution is -2.43. The van der Waals surface area contributed by atoms with E-state index in [4.69, 9.17) is 10.5 Å². The second-order valence-electron chi connectivity index (χ2n) is 7.67. The van der Waals surface area contributed by atoms with Crippen molar-refractivity contribution in [3.05, 3.63) is 29.8 Å². The predicted molar refractivity (Wildman–Crippen MR) is 105 cm³/mol. The van der Waals surface area contributed by atoms with Gasteiger partial charge in [0.2, 0.25) is 5.91 Å². The highest BCUT2D eigenvalue weighted by Gasteiger charge is 2.30. The normalized spacial score (nSPS) is 19.4. The number of rotatable bonds is 8. The minimum Gasteiger partial charge on any atom is -0.494 e. The standard InChI is InChI=1S/C21H31N3O3/c1-16(22)21(26)24-12-2-10-23(13-14-24)11-3-15-27-19-8-6-18(7-9-19)20(25)17-4-5-17/h6-9,16-17H,2-5,10-15,22H2,1H3. The molecule has 1 unspecified atom stereocenters. The van der Waals surface area contributed by atoms with E-state index in [1.165, 1.54) is 0 Å². The molecular weight excluding hydrogens is 342 g/mol. The second-order valence-corrected chi connectivity index (χ2v) is 7.67. The Kier molecular flexibility index (Phi) is 6.85. The van der Waals surface area contributed by atoms with Crippen molar-refractivity contribution in [2.45, 2.75) is 38.6 Å². The molecule has 2 N–H and O–H groups in total. The molecule has 1 amide bonds. The Morgan fingerprint density at radius 3 is 2.56 bits per heavy atom. The third-order valence-corrected chi connectivity index (χ3v) is 5.26. The number of nitrogens with zero attached hydrogens (tertiary/aromatic N) is 2. The SMILES string of the molecule is CC(N)C(=O)N1CCCN(CCCOc2ccc(C(=O)C3CC3)cc2)CC1. The quantitative estimate of drug-likeness (QED) is 0.557. The molecule has 0 radical (unpaired) electrons. The van der Waals surface area contributed by atoms with Gasteiger partial charge in [0, 0.05) is 37.7 Å². The highest BCUT2D eigenvalue weighted by molar-refractivity contribution is 5.99. The molecule has 1 aliphatic carbocycles. The first-order chi connectivity index (χ1) is 13.0. The summed E-state index contributed by atoms with van der Waals surface area (Å²) in [7, 11) is 0. The molecule has 148 valence electrons. The molecule has 27 heavy (non-hydrogen) atoms. The number of benzene rings is 1. The maximum Gasteiger partial charge on any atom is 0.239 e. The van der Waals surface area contributed by atoms with Gasteiger partial charge in [0.15, 0.2) is 5.78 Å². The summed E-state index contributed by atoms with van der Waals surface area (Å²) in [6, 6.07) is 7.10. The molecule has 6 heteroatoms. The minimum absolute atomic E-state index is 0.0452. The molecule has 1 heterocycles. The van der Waals surface area contributed by atoms with Crippen molar-refractivity contribution in [2.24, 2.45) is 11.7 Å². The Bertz CT molecular complexity index is 641. The van der Waals surface area contributed by atoms with Gasteiger partial charge in [0.05, 0.1) is 12.6 Å². The van der Waals surface area contributed by atoms with Crippen LogP contribution in [0.2, 0.25) is 0 Å². The summed E-state index contributed by atoms with van der Waals surface area (Å²) >= 11 is 0. The first-order valence-corrected chi connectivity index (χ1v) is 10.1. The highest BCUT2D eigenvalue weighted by Crippen LogP contribution is 2.32. The van der Waals surface area contributed by atoms with E-state index in [1.54, 1.807) is 6.92 Å². The zero-order valence-electron chi connectivity index (χ0n) is 16.2. The maximum absolute atomic E-state index is 12.0. The van der Waals surface area contributed by atoms with Crippen molar-refractivity contribution in [1.29, 1.82) is 0 Å². The first-order valence-electron chi connectivity index (χ1n) is 10.1. The molecule has 3 rings (SSSR count). The van der Waals surface area contributed by atoms with Gasteiger partial charge in [-0.15, -0.1) is 0 Å². The van der Waals surface area contributed by atoms with Crippen LogP contribution < -0.4 is 10.5 Å². The van der Waals surface area contributed by atoms with E-state index < -0.39 is 6.04 Å². The summed E-state index contributed by atoms with van der Waals surface area (Å²) in [5.41, 5.74) is 6.50. The molecule has 1 atom stereocenters. The fraction of sp³-hybridized carbons (Fsp3) is 0.619. The van der Waals surface area contributed by atoms with Gasteiger partial charge < -0.3 is 20.3 Å². The third-order valence-electron chi connectivity index (χ3n) is 5.26. The molecule has 1 saturated carbocycles. The summed E-state index contributed by atoms with van der Waals surface area (Å²) in [5.74, 6) is 1.37. The van der Waals surface area contributed by atoms with Crippen LogP contribution in [-0.2, 0) is 4.79 Å². The molecule has 6 nitrogen and oxygen atoms in total. The van der Waals surface area contributed by atoms with Crippen molar-refractivity contribution in [2.75, 3.05) is 39.3 Å². The number of hydrogen-bond donors (Lipinski definition) is 1. The molecule has 2 fully saturated rings. The van der Waals surface area contributed by atoms with Gasteiger partial charge in [0.25, 0.3) is 0 Å². The Morgan fingerprint density at radius 2 is 1.89 bits per heavy atom. The number of carbonyl (C=O) groups is 2. The van der Waals surface area contributed by atoms with Gasteiger partial charge >= 0.3 is 0 Å². The van der Waals surface area contributed by atoms with E-state index in [1.807, 2.05) is 29.2 Å². The number of hydrogen-bond acceptors (Lipinski definition) is 5. The van der Waals surface area contributed by atoms with E-state index in [-0.39, 0.29) is 17.6 Å². The topological polar surface area (TPSA) is 75.9 Å². The average Bonchev–Trinajstić information content (AvgIpc) is 3.52. The first kappa shape index (κ1) is 19.8. The van der Waals surface area contributed by atoms with Gasteiger partial charge in [-0.2, -0.15) is 0 Å². The van der Waals surface area contributed by atoms with E-state index in [0.717, 1.165) is 69.7 Å². The Balaban J connectivity index is 1.35. The number of ketones is 1. The summed E-state index contributed by atoms with van der Waals surface area (Å²) in [6.07, 6.45) is 3.98. The van der Waals surface area contributed by atoms with Gasteiger partial charge in [-0.3, -0.25) is 9.59 Å². The van der Waals surface area contributed by atoms with E-state index in [0.29, 0.717) is 6.61 Å². The molecule has 2 aliphatic rings. The molecular formula is C21H31N3O3. The van der Waals surface area contributed by atoms with Crippen LogP contribution in [0.1, 0.15) is 43.0 Å². The summed E-state index contributed by atoms with van der Waals surface area (Å²) in [6.45, 7) is 6.78. The molecule has 1 aromatic rings. The zero-order valence-corrected chi connectivity index (χ0v) is 16.2. The lowest BCUT2D eigenvalue weighted by Gasteiger charge is -2.23. The van der Waals surface area contributed by atoms with Crippen LogP contribution in [0.3, 0.4) is 0 Å². The van der Waals surface area contributed by atoms with Crippen molar-refractivity contribution >= 4 is 11.7 Å². The predicted octanol–water partition coefficient (Wildman–Crippen LogP) is 1.93. The van der Waals surface area contributed by atoms with Crippen molar-refractivity contribution in [3.63, 3.8) is 0 Å². The highest BCUT2D eigenvalue weighted by atomic mass is 16.5. The summed E-state index contributed by atoms with van der Waals surface area (Å²) < 4.78 is 5.81. The lowest BCUT2D eigenvalue weighted by molar-refractivity contribution is -0.132. The maximum atomic E-state index is 12.0. The molecule has 1 saturated heterocycles. The van der Waals surface area contributed by atoms with Crippen LogP contribution in [0.5, 0.6) is 5.75 Å². The van der Waals surface area contributed by atoms with Gasteiger partial charge in [0.1, 0.15) is 5.75 Å². The van der Waals surface area contributed by atoms with Gasteiger partial charge in [-0.25, -0.2) is 0 Å². The van der Waals surface area contributed by atoms with Crippen LogP contribution in [0.4, 0.5) is 0 Å². The zero-order chi connectivity index (χ0) is 19.2. The Hall–Kier alpha value is -1.92. The van der Waals surface area contributed by atoms with Crippen LogP contribution in [-0.4, -0.2) is 66.9 Å². The lowest BCUT2D eigenvalue weighted by atomic mass is 10.1. The minimum atomic E-state index is -0.420. The second kappa shape index (κ2) is 9.33. The molecule has 1 aliphatic heterocycles. The largest absolute Gasteiger partial charge is 0.494 e. The monoisotopic (exact) mass is 373 g/mol. The number of ether oxygens (including phenoxy) is 1. The van der Waals surface area contributed by atoms with Crippen LogP contribution in [0.15, 0.2) is 24.3 Å². The van der Waals surface area contributed by atoms with Crippen molar-refractivity contribution < 1.29 is 14.3 Å². The van der Waals surface area contributed by atoms with Crippen molar-refractivity contribution in [3.8, 4) is 5.75 Å². The Labute approximate surface area is 161 Å². The summed E-state index contributed by atoms with van der Waals surface area (Å²) in [5, 5.41) is 0. The van der Waals surface area contributed by atoms with Gasteiger partial charge in [-0.05, 0) is 63.4 Å². The smallest absolute Gasteiger partial charge is 0.239 e. The number of nitrogens with two attached hydrogens (primary N) is 1. The van der Waals surface area contributed by atoms with Crippen LogP contribution in [0.25, 0.3) is 0 Å². The molecule has 1 aromatic carbocycles. The summed E-state index contributed by atoms with van der Waals surface area (Å²) in [4.78, 5) is 28.3. The van der Waals surface area contributed by atoms with Crippen LogP contribution >= 0.6 is 0 Å². The van der Waals surface area contributed by atoms with E-state index >= 15 is 0 Å². The molecule has 0 bridgehead atoms. The van der Waals surface area contributed by atoms with E-state index in [9.17, 15) is 9.59 Å². The molecule has 0 aromatic heterocycles. The number of carbonyl (C=O) groups excluding carboxylic acids is 2. The fourth-order valence-corrected chi connectivity index (χ4v) is 3.48. The van der Waals surface area contributed by atoms with Crippen LogP contribution in [0, 0.1) is 5.92 Å². The van der Waals surface area contributed by atoms with Gasteiger partial charge in [-0.1, -0.05) is 0 Å². The Morgan fingerprint density at radius 1 is 1.15 bits per heavy atom. The molecule has 0 spiro atoms. The fourth-order valence-electron chi connectivity index (χ4n) is 3.48. The number of amides is 1. The average molecular weight is 373 g/mol. The van der Waals surface area contributed by atoms with E-state index in [2.05, 4.69) is 4.90 Å².